The van der Waals surface area contributed by atoms with Gasteiger partial charge in [0.1, 0.15) is 10.9 Å². The normalized spacial score (nSPS) is 11.6. The zero-order chi connectivity index (χ0) is 21.8. The van der Waals surface area contributed by atoms with Gasteiger partial charge < -0.3 is 10.1 Å². The van der Waals surface area contributed by atoms with Crippen molar-refractivity contribution >= 4 is 44.8 Å². The number of ether oxygens (including phenoxy) is 1. The van der Waals surface area contributed by atoms with E-state index in [9.17, 15) is 13.2 Å². The fraction of sp³-hybridized carbons (Fsp3) is 0.368. The molecule has 0 bridgehead atoms. The van der Waals surface area contributed by atoms with E-state index in [-0.39, 0.29) is 22.2 Å². The van der Waals surface area contributed by atoms with Gasteiger partial charge in [-0.1, -0.05) is 37.0 Å². The van der Waals surface area contributed by atoms with E-state index >= 15 is 0 Å². The highest BCUT2D eigenvalue weighted by Crippen LogP contribution is 2.30. The van der Waals surface area contributed by atoms with Gasteiger partial charge in [0.05, 0.1) is 24.1 Å². The zero-order valence-electron chi connectivity index (χ0n) is 16.6. The summed E-state index contributed by atoms with van der Waals surface area (Å²) in [6.45, 7) is 5.94. The van der Waals surface area contributed by atoms with Crippen LogP contribution in [-0.4, -0.2) is 43.8 Å². The molecule has 0 aliphatic rings. The average molecular weight is 460 g/mol. The number of anilines is 1. The molecule has 1 amide bonds. The van der Waals surface area contributed by atoms with Crippen LogP contribution in [0.5, 0.6) is 5.75 Å². The lowest BCUT2D eigenvalue weighted by Gasteiger charge is -2.19. The summed E-state index contributed by atoms with van der Waals surface area (Å²) in [4.78, 5) is 16.7. The molecule has 0 radical (unpaired) electrons. The van der Waals surface area contributed by atoms with Crippen LogP contribution in [0.3, 0.4) is 0 Å². The lowest BCUT2D eigenvalue weighted by Crippen LogP contribution is -2.30. The molecule has 0 spiro atoms. The molecule has 29 heavy (non-hydrogen) atoms. The number of methoxy groups -OCH3 is 1. The molecule has 0 atom stereocenters. The second-order valence-corrected chi connectivity index (χ2v) is 8.89. The Labute approximate surface area is 181 Å². The fourth-order valence-electron chi connectivity index (χ4n) is 2.79. The number of benzene rings is 1. The number of hydrogen-bond donors (Lipinski definition) is 1. The molecule has 1 aromatic carbocycles. The van der Waals surface area contributed by atoms with Crippen molar-refractivity contribution in [2.45, 2.75) is 32.1 Å². The minimum atomic E-state index is -3.69. The summed E-state index contributed by atoms with van der Waals surface area (Å²) in [7, 11) is -2.26. The highest BCUT2D eigenvalue weighted by molar-refractivity contribution is 7.89. The van der Waals surface area contributed by atoms with E-state index < -0.39 is 15.9 Å². The molecule has 0 aliphatic carbocycles. The van der Waals surface area contributed by atoms with E-state index in [0.29, 0.717) is 35.1 Å². The Balaban J connectivity index is 2.33. The fourth-order valence-corrected chi connectivity index (χ4v) is 4.94. The number of pyridine rings is 1. The predicted octanol–water partition coefficient (Wildman–Crippen LogP) is 3.92. The number of carbonyl (C=O) groups excluding carboxylic acids is 1. The average Bonchev–Trinajstić information content (AvgIpc) is 2.65. The quantitative estimate of drug-likeness (QED) is 0.604. The highest BCUT2D eigenvalue weighted by atomic mass is 35.5. The van der Waals surface area contributed by atoms with Crippen LogP contribution in [0.15, 0.2) is 29.2 Å². The number of aromatic nitrogens is 1. The molecule has 0 saturated heterocycles. The Morgan fingerprint density at radius 3 is 2.41 bits per heavy atom. The molecule has 0 fully saturated rings. The first-order chi connectivity index (χ1) is 13.6. The second-order valence-electron chi connectivity index (χ2n) is 6.19. The number of hydrogen-bond acceptors (Lipinski definition) is 5. The molecule has 1 N–H and O–H groups in total. The Hall–Kier alpha value is -1.87. The predicted molar refractivity (Wildman–Crippen MR) is 114 cm³/mol. The van der Waals surface area contributed by atoms with Crippen molar-refractivity contribution in [2.75, 3.05) is 25.5 Å². The number of nitrogens with one attached hydrogen (secondary N) is 1. The molecule has 1 aromatic heterocycles. The third-order valence-electron chi connectivity index (χ3n) is 4.27. The van der Waals surface area contributed by atoms with Crippen molar-refractivity contribution in [3.8, 4) is 5.75 Å². The summed E-state index contributed by atoms with van der Waals surface area (Å²) in [6.07, 6.45) is -0.124. The monoisotopic (exact) mass is 459 g/mol. The SMILES string of the molecule is CCN(CC)S(=O)(=O)c1ccc(OC)c(NC(=O)Cc2c(Cl)cc(C)nc2Cl)c1. The Bertz CT molecular complexity index is 986. The van der Waals surface area contributed by atoms with E-state index in [1.54, 1.807) is 26.8 Å². The zero-order valence-corrected chi connectivity index (χ0v) is 19.0. The second kappa shape index (κ2) is 9.75. The van der Waals surface area contributed by atoms with Crippen LogP contribution in [0.1, 0.15) is 25.1 Å². The molecule has 0 aliphatic heterocycles. The van der Waals surface area contributed by atoms with Gasteiger partial charge in [-0.3, -0.25) is 4.79 Å². The van der Waals surface area contributed by atoms with Gasteiger partial charge >= 0.3 is 0 Å². The molecule has 2 rings (SSSR count). The third kappa shape index (κ3) is 5.39. The molecule has 10 heteroatoms. The van der Waals surface area contributed by atoms with Crippen LogP contribution in [0.2, 0.25) is 10.2 Å². The van der Waals surface area contributed by atoms with E-state index in [1.165, 1.54) is 29.6 Å². The van der Waals surface area contributed by atoms with Crippen molar-refractivity contribution in [1.82, 2.24) is 9.29 Å². The summed E-state index contributed by atoms with van der Waals surface area (Å²) in [6, 6.07) is 5.94. The first-order valence-corrected chi connectivity index (χ1v) is 11.1. The number of amides is 1. The Morgan fingerprint density at radius 1 is 1.21 bits per heavy atom. The van der Waals surface area contributed by atoms with Gasteiger partial charge in [0.25, 0.3) is 0 Å². The maximum Gasteiger partial charge on any atom is 0.243 e. The molecule has 2 aromatic rings. The maximum atomic E-state index is 12.8. The number of carbonyl (C=O) groups is 1. The van der Waals surface area contributed by atoms with Gasteiger partial charge in [-0.2, -0.15) is 4.31 Å². The lowest BCUT2D eigenvalue weighted by molar-refractivity contribution is -0.115. The van der Waals surface area contributed by atoms with Gasteiger partial charge in [0, 0.05) is 29.4 Å². The van der Waals surface area contributed by atoms with E-state index in [2.05, 4.69) is 10.3 Å². The van der Waals surface area contributed by atoms with Crippen LogP contribution in [0.25, 0.3) is 0 Å². The Morgan fingerprint density at radius 2 is 1.86 bits per heavy atom. The van der Waals surface area contributed by atoms with E-state index in [1.807, 2.05) is 0 Å². The molecule has 0 unspecified atom stereocenters. The van der Waals surface area contributed by atoms with Gasteiger partial charge in [0.15, 0.2) is 0 Å². The first-order valence-electron chi connectivity index (χ1n) is 8.93. The summed E-state index contributed by atoms with van der Waals surface area (Å²) in [5.74, 6) is -0.105. The number of halogens is 2. The summed E-state index contributed by atoms with van der Waals surface area (Å²) in [5, 5.41) is 3.16. The lowest BCUT2D eigenvalue weighted by atomic mass is 10.2. The molecule has 1 heterocycles. The minimum Gasteiger partial charge on any atom is -0.495 e. The largest absolute Gasteiger partial charge is 0.495 e. The van der Waals surface area contributed by atoms with Crippen molar-refractivity contribution in [3.63, 3.8) is 0 Å². The first kappa shape index (κ1) is 23.4. The molecular formula is C19H23Cl2N3O4S. The smallest absolute Gasteiger partial charge is 0.243 e. The number of nitrogens with zero attached hydrogens (tertiary/aromatic N) is 2. The molecule has 0 saturated carbocycles. The van der Waals surface area contributed by atoms with Crippen molar-refractivity contribution in [3.05, 3.63) is 45.7 Å². The van der Waals surface area contributed by atoms with Crippen LogP contribution in [0, 0.1) is 6.92 Å². The standard InChI is InChI=1S/C19H23Cl2N3O4S/c1-5-24(6-2)29(26,27)13-7-8-17(28-4)16(10-13)23-18(25)11-14-15(20)9-12(3)22-19(14)21/h7-10H,5-6,11H2,1-4H3,(H,23,25). The number of aryl methyl sites for hydroxylation is 1. The molecule has 158 valence electrons. The van der Waals surface area contributed by atoms with E-state index in [4.69, 9.17) is 27.9 Å². The number of rotatable bonds is 8. The van der Waals surface area contributed by atoms with Crippen molar-refractivity contribution in [1.29, 1.82) is 0 Å². The summed E-state index contributed by atoms with van der Waals surface area (Å²) >= 11 is 12.3. The topological polar surface area (TPSA) is 88.6 Å². The Kier molecular flexibility index (Phi) is 7.87. The van der Waals surface area contributed by atoms with Gasteiger partial charge in [-0.05, 0) is 31.2 Å². The van der Waals surface area contributed by atoms with Crippen molar-refractivity contribution < 1.29 is 17.9 Å². The van der Waals surface area contributed by atoms with Crippen LogP contribution in [-0.2, 0) is 21.2 Å². The van der Waals surface area contributed by atoms with Crippen LogP contribution >= 0.6 is 23.2 Å². The van der Waals surface area contributed by atoms with Gasteiger partial charge in [-0.25, -0.2) is 13.4 Å². The molecule has 7 nitrogen and oxygen atoms in total. The maximum absolute atomic E-state index is 12.8. The minimum absolute atomic E-state index is 0.0605. The van der Waals surface area contributed by atoms with Gasteiger partial charge in [0.2, 0.25) is 15.9 Å². The third-order valence-corrected chi connectivity index (χ3v) is 6.97. The van der Waals surface area contributed by atoms with Crippen molar-refractivity contribution in [2.24, 2.45) is 0 Å². The van der Waals surface area contributed by atoms with Gasteiger partial charge in [-0.15, -0.1) is 0 Å². The van der Waals surface area contributed by atoms with Crippen LogP contribution in [0.4, 0.5) is 5.69 Å². The molecular weight excluding hydrogens is 437 g/mol. The summed E-state index contributed by atoms with van der Waals surface area (Å²) in [5.41, 5.74) is 1.26. The van der Waals surface area contributed by atoms with Crippen LogP contribution < -0.4 is 10.1 Å². The van der Waals surface area contributed by atoms with E-state index in [0.717, 1.165) is 0 Å². The summed E-state index contributed by atoms with van der Waals surface area (Å²) < 4.78 is 32.1. The number of sulfonamides is 1. The highest BCUT2D eigenvalue weighted by Gasteiger charge is 2.23.